The van der Waals surface area contributed by atoms with Gasteiger partial charge in [-0.3, -0.25) is 4.57 Å². The number of imidazole rings is 1. The number of unbranched alkanes of at least 4 members (excludes halogenated alkanes) is 2. The summed E-state index contributed by atoms with van der Waals surface area (Å²) >= 11 is 0. The molecule has 194 valence electrons. The van der Waals surface area contributed by atoms with Crippen molar-refractivity contribution in [3.8, 4) is 11.8 Å². The number of fused-ring (bicyclic) bond motifs is 1. The number of H-pyrrole nitrogens is 1. The summed E-state index contributed by atoms with van der Waals surface area (Å²) in [5.74, 6) is -0.0285. The smallest absolute Gasteiger partial charge is 0.335 e. The number of carbonyl (C=O) groups is 1. The van der Waals surface area contributed by atoms with Gasteiger partial charge in [0, 0.05) is 19.6 Å². The number of piperidine rings is 1. The van der Waals surface area contributed by atoms with Crippen molar-refractivity contribution in [1.82, 2.24) is 24.4 Å². The number of hydrogen-bond donors (Lipinski definition) is 3. The van der Waals surface area contributed by atoms with Crippen molar-refractivity contribution in [1.29, 1.82) is 0 Å². The molecule has 1 aliphatic heterocycles. The summed E-state index contributed by atoms with van der Waals surface area (Å²) in [5.41, 5.74) is 6.95. The molecule has 0 aliphatic carbocycles. The van der Waals surface area contributed by atoms with Crippen LogP contribution in [0.4, 0.5) is 5.82 Å². The van der Waals surface area contributed by atoms with Gasteiger partial charge in [-0.15, -0.1) is 0 Å². The first-order valence-electron chi connectivity index (χ1n) is 12.6. The van der Waals surface area contributed by atoms with Gasteiger partial charge in [0.15, 0.2) is 11.5 Å². The van der Waals surface area contributed by atoms with E-state index in [4.69, 9.17) is 20.3 Å². The predicted octanol–water partition coefficient (Wildman–Crippen LogP) is 2.90. The van der Waals surface area contributed by atoms with Crippen LogP contribution in [0.15, 0.2) is 29.1 Å². The number of aryl methyl sites for hydroxylation is 1. The number of aromatic nitrogens is 4. The second-order valence-electron chi connectivity index (χ2n) is 9.07. The van der Waals surface area contributed by atoms with Crippen LogP contribution in [0.2, 0.25) is 0 Å². The van der Waals surface area contributed by atoms with Gasteiger partial charge in [-0.25, -0.2) is 9.59 Å². The standard InChI is InChI=1S/C25H34N6O5/c1-2-3-16-35-24-28-21(26)20-22(29-24)31(25(34)27-20)13-5-4-12-30-14-10-19(11-15-30)36-18-8-6-17(7-9-18)23(32)33/h6-9,19H,2-5,10-16H2,1H3,(H,27,34)(H,32,33)(H2,26,28,29). The summed E-state index contributed by atoms with van der Waals surface area (Å²) in [6.07, 6.45) is 5.63. The number of carboxylic acids is 1. The number of anilines is 1. The molecule has 3 heterocycles. The van der Waals surface area contributed by atoms with E-state index >= 15 is 0 Å². The van der Waals surface area contributed by atoms with Gasteiger partial charge in [-0.1, -0.05) is 13.3 Å². The Bertz CT molecular complexity index is 1210. The van der Waals surface area contributed by atoms with Gasteiger partial charge < -0.3 is 30.2 Å². The van der Waals surface area contributed by atoms with Crippen LogP contribution in [0.3, 0.4) is 0 Å². The Labute approximate surface area is 209 Å². The monoisotopic (exact) mass is 498 g/mol. The maximum Gasteiger partial charge on any atom is 0.335 e. The summed E-state index contributed by atoms with van der Waals surface area (Å²) in [6.45, 7) is 5.94. The lowest BCUT2D eigenvalue weighted by molar-refractivity contribution is 0.0696. The highest BCUT2D eigenvalue weighted by Crippen LogP contribution is 2.21. The molecule has 0 saturated carbocycles. The summed E-state index contributed by atoms with van der Waals surface area (Å²) in [4.78, 5) is 37.2. The first-order chi connectivity index (χ1) is 17.4. The molecule has 0 unspecified atom stereocenters. The molecule has 36 heavy (non-hydrogen) atoms. The van der Waals surface area contributed by atoms with Crippen molar-refractivity contribution in [3.63, 3.8) is 0 Å². The molecule has 2 aromatic heterocycles. The molecule has 1 fully saturated rings. The quantitative estimate of drug-likeness (QED) is 0.320. The number of aromatic carboxylic acids is 1. The molecular weight excluding hydrogens is 464 g/mol. The van der Waals surface area contributed by atoms with E-state index in [-0.39, 0.29) is 29.2 Å². The topological polar surface area (TPSA) is 149 Å². The minimum absolute atomic E-state index is 0.126. The second kappa shape index (κ2) is 11.9. The van der Waals surface area contributed by atoms with E-state index < -0.39 is 5.97 Å². The molecule has 4 rings (SSSR count). The largest absolute Gasteiger partial charge is 0.490 e. The Kier molecular flexibility index (Phi) is 8.42. The van der Waals surface area contributed by atoms with Crippen molar-refractivity contribution >= 4 is 23.0 Å². The highest BCUT2D eigenvalue weighted by Gasteiger charge is 2.20. The van der Waals surface area contributed by atoms with Crippen molar-refractivity contribution in [2.45, 2.75) is 58.1 Å². The summed E-state index contributed by atoms with van der Waals surface area (Å²) in [7, 11) is 0. The average Bonchev–Trinajstić information content (AvgIpc) is 3.19. The molecule has 1 aliphatic rings. The van der Waals surface area contributed by atoms with Gasteiger partial charge in [0.25, 0.3) is 0 Å². The van der Waals surface area contributed by atoms with E-state index in [1.54, 1.807) is 28.8 Å². The second-order valence-corrected chi connectivity index (χ2v) is 9.07. The highest BCUT2D eigenvalue weighted by molar-refractivity contribution is 5.87. The van der Waals surface area contributed by atoms with Crippen molar-refractivity contribution < 1.29 is 19.4 Å². The third-order valence-electron chi connectivity index (χ3n) is 6.40. The number of rotatable bonds is 12. The Morgan fingerprint density at radius 1 is 1.14 bits per heavy atom. The van der Waals surface area contributed by atoms with Crippen LogP contribution in [0.5, 0.6) is 11.8 Å². The molecule has 0 radical (unpaired) electrons. The van der Waals surface area contributed by atoms with E-state index in [1.807, 2.05) is 0 Å². The van der Waals surface area contributed by atoms with Crippen molar-refractivity contribution in [2.75, 3.05) is 32.0 Å². The van der Waals surface area contributed by atoms with Crippen LogP contribution in [0.25, 0.3) is 11.2 Å². The number of likely N-dealkylation sites (tertiary alicyclic amines) is 1. The Balaban J connectivity index is 1.23. The minimum atomic E-state index is -0.942. The molecular formula is C25H34N6O5. The Morgan fingerprint density at radius 3 is 2.56 bits per heavy atom. The maximum absolute atomic E-state index is 12.5. The number of aromatic amines is 1. The minimum Gasteiger partial charge on any atom is -0.490 e. The van der Waals surface area contributed by atoms with Crippen LogP contribution in [-0.2, 0) is 6.54 Å². The number of hydrogen-bond acceptors (Lipinski definition) is 8. The number of nitrogen functional groups attached to an aromatic ring is 1. The van der Waals surface area contributed by atoms with Gasteiger partial charge in [0.1, 0.15) is 17.4 Å². The van der Waals surface area contributed by atoms with E-state index in [1.165, 1.54) is 0 Å². The van der Waals surface area contributed by atoms with Crippen molar-refractivity contribution in [3.05, 3.63) is 40.3 Å². The van der Waals surface area contributed by atoms with Gasteiger partial charge in [-0.2, -0.15) is 9.97 Å². The zero-order valence-electron chi connectivity index (χ0n) is 20.6. The first-order valence-corrected chi connectivity index (χ1v) is 12.6. The molecule has 3 aromatic rings. The third kappa shape index (κ3) is 6.34. The van der Waals surface area contributed by atoms with Gasteiger partial charge in [-0.05, 0) is 62.9 Å². The summed E-state index contributed by atoms with van der Waals surface area (Å²) < 4.78 is 13.2. The Hall–Kier alpha value is -3.60. The number of carboxylic acid groups (broad SMARTS) is 1. The van der Waals surface area contributed by atoms with Crippen LogP contribution >= 0.6 is 0 Å². The fourth-order valence-corrected chi connectivity index (χ4v) is 4.34. The summed E-state index contributed by atoms with van der Waals surface area (Å²) in [5, 5.41) is 9.01. The number of nitrogens with one attached hydrogen (secondary N) is 1. The zero-order chi connectivity index (χ0) is 25.5. The van der Waals surface area contributed by atoms with E-state index in [2.05, 4.69) is 26.8 Å². The normalized spacial score (nSPS) is 14.8. The van der Waals surface area contributed by atoms with E-state index in [0.29, 0.717) is 30.1 Å². The molecule has 11 heteroatoms. The summed E-state index contributed by atoms with van der Waals surface area (Å²) in [6, 6.07) is 6.74. The van der Waals surface area contributed by atoms with Crippen LogP contribution in [0.1, 0.15) is 55.8 Å². The van der Waals surface area contributed by atoms with Gasteiger partial charge in [0.2, 0.25) is 0 Å². The lowest BCUT2D eigenvalue weighted by Crippen LogP contribution is -2.38. The molecule has 0 amide bonds. The van der Waals surface area contributed by atoms with Crippen molar-refractivity contribution in [2.24, 2.45) is 0 Å². The zero-order valence-corrected chi connectivity index (χ0v) is 20.6. The highest BCUT2D eigenvalue weighted by atomic mass is 16.5. The molecule has 11 nitrogen and oxygen atoms in total. The molecule has 1 aromatic carbocycles. The third-order valence-corrected chi connectivity index (χ3v) is 6.40. The van der Waals surface area contributed by atoms with Gasteiger partial charge >= 0.3 is 17.7 Å². The average molecular weight is 499 g/mol. The molecule has 0 spiro atoms. The number of nitrogens with two attached hydrogens (primary N) is 1. The van der Waals surface area contributed by atoms with Crippen LogP contribution < -0.4 is 20.9 Å². The lowest BCUT2D eigenvalue weighted by atomic mass is 10.1. The number of benzene rings is 1. The fourth-order valence-electron chi connectivity index (χ4n) is 4.34. The van der Waals surface area contributed by atoms with Crippen LogP contribution in [0, 0.1) is 0 Å². The lowest BCUT2D eigenvalue weighted by Gasteiger charge is -2.32. The number of ether oxygens (including phenoxy) is 2. The van der Waals surface area contributed by atoms with Gasteiger partial charge in [0.05, 0.1) is 12.2 Å². The first kappa shape index (κ1) is 25.5. The van der Waals surface area contributed by atoms with E-state index in [9.17, 15) is 9.59 Å². The molecule has 1 saturated heterocycles. The Morgan fingerprint density at radius 2 is 1.86 bits per heavy atom. The van der Waals surface area contributed by atoms with E-state index in [0.717, 1.165) is 58.2 Å². The number of nitrogens with zero attached hydrogens (tertiary/aromatic N) is 4. The maximum atomic E-state index is 12.5. The molecule has 4 N–H and O–H groups in total. The van der Waals surface area contributed by atoms with Crippen LogP contribution in [-0.4, -0.2) is 67.8 Å². The molecule has 0 atom stereocenters. The predicted molar refractivity (Wildman–Crippen MR) is 136 cm³/mol. The molecule has 0 bridgehead atoms. The SMILES string of the molecule is CCCCOc1nc(N)c2[nH]c(=O)n(CCCCN3CCC(Oc4ccc(C(=O)O)cc4)CC3)c2n1. The fraction of sp³-hybridized carbons (Fsp3) is 0.520.